The van der Waals surface area contributed by atoms with Gasteiger partial charge < -0.3 is 19.3 Å². The Bertz CT molecular complexity index is 347. The van der Waals surface area contributed by atoms with Crippen molar-refractivity contribution in [2.45, 2.75) is 19.6 Å². The number of aliphatic hydroxyl groups excluding tert-OH is 1. The van der Waals surface area contributed by atoms with Crippen LogP contribution in [0.15, 0.2) is 12.1 Å². The average Bonchev–Trinajstić information content (AvgIpc) is 2.28. The van der Waals surface area contributed by atoms with Gasteiger partial charge in [0.05, 0.1) is 32.5 Å². The number of methoxy groups -OCH3 is 3. The Kier molecular flexibility index (Phi) is 4.58. The number of aliphatic hydroxyl groups is 1. The lowest BCUT2D eigenvalue weighted by Crippen LogP contribution is -2.03. The number of rotatable bonds is 5. The first-order valence-corrected chi connectivity index (χ1v) is 5.06. The highest BCUT2D eigenvalue weighted by atomic mass is 16.5. The van der Waals surface area contributed by atoms with Crippen LogP contribution in [-0.2, 0) is 11.3 Å². The van der Waals surface area contributed by atoms with Gasteiger partial charge in [0.1, 0.15) is 11.5 Å². The highest BCUT2D eigenvalue weighted by Crippen LogP contribution is 2.35. The van der Waals surface area contributed by atoms with Gasteiger partial charge >= 0.3 is 0 Å². The number of ether oxygens (including phenoxy) is 3. The van der Waals surface area contributed by atoms with Crippen LogP contribution >= 0.6 is 0 Å². The smallest absolute Gasteiger partial charge is 0.133 e. The molecule has 4 heteroatoms. The highest BCUT2D eigenvalue weighted by Gasteiger charge is 2.17. The van der Waals surface area contributed by atoms with E-state index in [1.165, 1.54) is 0 Å². The van der Waals surface area contributed by atoms with Gasteiger partial charge in [0.15, 0.2) is 0 Å². The Morgan fingerprint density at radius 1 is 1.19 bits per heavy atom. The van der Waals surface area contributed by atoms with E-state index in [-0.39, 0.29) is 0 Å². The van der Waals surface area contributed by atoms with Crippen molar-refractivity contribution in [2.24, 2.45) is 0 Å². The number of hydrogen-bond acceptors (Lipinski definition) is 4. The summed E-state index contributed by atoms with van der Waals surface area (Å²) in [4.78, 5) is 0. The molecule has 1 rings (SSSR count). The van der Waals surface area contributed by atoms with Crippen molar-refractivity contribution < 1.29 is 19.3 Å². The molecule has 1 aromatic rings. The number of hydrogen-bond donors (Lipinski definition) is 1. The van der Waals surface area contributed by atoms with E-state index in [9.17, 15) is 5.11 Å². The second kappa shape index (κ2) is 5.72. The molecule has 0 heterocycles. The van der Waals surface area contributed by atoms with Crippen LogP contribution in [0.2, 0.25) is 0 Å². The third kappa shape index (κ3) is 2.46. The SMILES string of the molecule is COCc1c(OC)ccc(C(C)O)c1OC. The van der Waals surface area contributed by atoms with E-state index < -0.39 is 6.10 Å². The van der Waals surface area contributed by atoms with Crippen molar-refractivity contribution in [2.75, 3.05) is 21.3 Å². The van der Waals surface area contributed by atoms with Crippen molar-refractivity contribution in [1.29, 1.82) is 0 Å². The maximum absolute atomic E-state index is 9.63. The molecule has 1 atom stereocenters. The molecular formula is C12H18O4. The fraction of sp³-hybridized carbons (Fsp3) is 0.500. The molecule has 1 aromatic carbocycles. The quantitative estimate of drug-likeness (QED) is 0.833. The van der Waals surface area contributed by atoms with Crippen LogP contribution in [0.3, 0.4) is 0 Å². The van der Waals surface area contributed by atoms with Gasteiger partial charge in [-0.15, -0.1) is 0 Å². The first-order valence-electron chi connectivity index (χ1n) is 5.06. The summed E-state index contributed by atoms with van der Waals surface area (Å²) in [7, 11) is 4.77. The Balaban J connectivity index is 3.31. The Hall–Kier alpha value is -1.26. The molecule has 0 aromatic heterocycles. The van der Waals surface area contributed by atoms with Crippen molar-refractivity contribution >= 4 is 0 Å². The van der Waals surface area contributed by atoms with Crippen LogP contribution in [0.1, 0.15) is 24.2 Å². The van der Waals surface area contributed by atoms with E-state index in [2.05, 4.69) is 0 Å². The molecule has 0 amide bonds. The lowest BCUT2D eigenvalue weighted by Gasteiger charge is -2.17. The second-order valence-corrected chi connectivity index (χ2v) is 3.48. The van der Waals surface area contributed by atoms with E-state index in [4.69, 9.17) is 14.2 Å². The molecule has 16 heavy (non-hydrogen) atoms. The van der Waals surface area contributed by atoms with E-state index >= 15 is 0 Å². The van der Waals surface area contributed by atoms with E-state index in [1.807, 2.05) is 0 Å². The monoisotopic (exact) mass is 226 g/mol. The van der Waals surface area contributed by atoms with Gasteiger partial charge in [-0.05, 0) is 19.1 Å². The normalized spacial score (nSPS) is 12.3. The van der Waals surface area contributed by atoms with Crippen molar-refractivity contribution in [3.63, 3.8) is 0 Å². The standard InChI is InChI=1S/C12H18O4/c1-8(13)9-5-6-11(15-3)10(7-14-2)12(9)16-4/h5-6,8,13H,7H2,1-4H3. The molecule has 0 spiro atoms. The molecule has 0 aliphatic carbocycles. The zero-order valence-electron chi connectivity index (χ0n) is 10.1. The predicted octanol–water partition coefficient (Wildman–Crippen LogP) is 1.90. The van der Waals surface area contributed by atoms with Gasteiger partial charge in [-0.25, -0.2) is 0 Å². The van der Waals surface area contributed by atoms with E-state index in [0.717, 1.165) is 11.1 Å². The van der Waals surface area contributed by atoms with Gasteiger partial charge in [0.25, 0.3) is 0 Å². The zero-order valence-corrected chi connectivity index (χ0v) is 10.1. The van der Waals surface area contributed by atoms with Gasteiger partial charge in [-0.3, -0.25) is 0 Å². The Morgan fingerprint density at radius 2 is 1.88 bits per heavy atom. The lowest BCUT2D eigenvalue weighted by molar-refractivity contribution is 0.173. The highest BCUT2D eigenvalue weighted by molar-refractivity contribution is 5.50. The molecule has 0 bridgehead atoms. The summed E-state index contributed by atoms with van der Waals surface area (Å²) in [6.45, 7) is 2.08. The molecule has 0 fully saturated rings. The summed E-state index contributed by atoms with van der Waals surface area (Å²) < 4.78 is 15.7. The predicted molar refractivity (Wildman–Crippen MR) is 60.9 cm³/mol. The fourth-order valence-corrected chi connectivity index (χ4v) is 1.67. The molecule has 90 valence electrons. The largest absolute Gasteiger partial charge is 0.496 e. The van der Waals surface area contributed by atoms with Crippen molar-refractivity contribution in [3.8, 4) is 11.5 Å². The van der Waals surface area contributed by atoms with Gasteiger partial charge in [0, 0.05) is 12.7 Å². The average molecular weight is 226 g/mol. The maximum atomic E-state index is 9.63. The third-order valence-corrected chi connectivity index (χ3v) is 2.41. The maximum Gasteiger partial charge on any atom is 0.133 e. The molecule has 0 radical (unpaired) electrons. The molecule has 1 unspecified atom stereocenters. The molecule has 0 saturated heterocycles. The molecule has 4 nitrogen and oxygen atoms in total. The van der Waals surface area contributed by atoms with Crippen LogP contribution in [0, 0.1) is 0 Å². The van der Waals surface area contributed by atoms with E-state index in [1.54, 1.807) is 40.4 Å². The number of benzene rings is 1. The molecule has 0 aliphatic heterocycles. The minimum absolute atomic E-state index is 0.382. The molecule has 0 aliphatic rings. The summed E-state index contributed by atoms with van der Waals surface area (Å²) in [6, 6.07) is 3.60. The van der Waals surface area contributed by atoms with E-state index in [0.29, 0.717) is 18.1 Å². The van der Waals surface area contributed by atoms with Crippen molar-refractivity contribution in [3.05, 3.63) is 23.3 Å². The summed E-state index contributed by atoms with van der Waals surface area (Å²) in [5.74, 6) is 1.32. The fourth-order valence-electron chi connectivity index (χ4n) is 1.67. The van der Waals surface area contributed by atoms with Gasteiger partial charge in [-0.2, -0.15) is 0 Å². The van der Waals surface area contributed by atoms with Gasteiger partial charge in [0.2, 0.25) is 0 Å². The molecular weight excluding hydrogens is 208 g/mol. The third-order valence-electron chi connectivity index (χ3n) is 2.41. The van der Waals surface area contributed by atoms with Crippen LogP contribution in [0.5, 0.6) is 11.5 Å². The minimum Gasteiger partial charge on any atom is -0.496 e. The first kappa shape index (κ1) is 12.8. The second-order valence-electron chi connectivity index (χ2n) is 3.48. The zero-order chi connectivity index (χ0) is 12.1. The van der Waals surface area contributed by atoms with Gasteiger partial charge in [-0.1, -0.05) is 0 Å². The summed E-state index contributed by atoms with van der Waals surface area (Å²) >= 11 is 0. The summed E-state index contributed by atoms with van der Waals surface area (Å²) in [6.07, 6.45) is -0.587. The summed E-state index contributed by atoms with van der Waals surface area (Å²) in [5.41, 5.74) is 1.54. The summed E-state index contributed by atoms with van der Waals surface area (Å²) in [5, 5.41) is 9.63. The van der Waals surface area contributed by atoms with Crippen LogP contribution < -0.4 is 9.47 Å². The minimum atomic E-state index is -0.587. The Labute approximate surface area is 95.8 Å². The first-order chi connectivity index (χ1) is 7.65. The lowest BCUT2D eigenvalue weighted by atomic mass is 10.0. The van der Waals surface area contributed by atoms with Crippen LogP contribution in [0.25, 0.3) is 0 Å². The topological polar surface area (TPSA) is 47.9 Å². The van der Waals surface area contributed by atoms with Crippen molar-refractivity contribution in [1.82, 2.24) is 0 Å². The Morgan fingerprint density at radius 3 is 2.31 bits per heavy atom. The molecule has 1 N–H and O–H groups in total. The van der Waals surface area contributed by atoms with Crippen LogP contribution in [0.4, 0.5) is 0 Å². The van der Waals surface area contributed by atoms with Crippen LogP contribution in [-0.4, -0.2) is 26.4 Å². The molecule has 0 saturated carbocycles.